The maximum absolute atomic E-state index is 12.2. The van der Waals surface area contributed by atoms with Crippen molar-refractivity contribution < 1.29 is 27.2 Å². The number of ether oxygens (including phenoxy) is 1. The molecule has 1 aromatic rings. The molecule has 1 heterocycles. The molecule has 1 saturated carbocycles. The summed E-state index contributed by atoms with van der Waals surface area (Å²) in [7, 11) is -0.267. The first-order valence-corrected chi connectivity index (χ1v) is 7.70. The van der Waals surface area contributed by atoms with E-state index in [4.69, 9.17) is 9.31 Å². The Kier molecular flexibility index (Phi) is 3.72. The summed E-state index contributed by atoms with van der Waals surface area (Å²) in [6, 6.07) is 6.05. The average Bonchev–Trinajstić information content (AvgIpc) is 3.12. The van der Waals surface area contributed by atoms with Gasteiger partial charge in [0.25, 0.3) is 0 Å². The summed E-state index contributed by atoms with van der Waals surface area (Å²) in [5.41, 5.74) is 0.254. The van der Waals surface area contributed by atoms with Crippen LogP contribution in [0.3, 0.4) is 0 Å². The highest BCUT2D eigenvalue weighted by atomic mass is 19.4. The molecule has 2 aliphatic rings. The van der Waals surface area contributed by atoms with Crippen molar-refractivity contribution in [3.63, 3.8) is 0 Å². The molecule has 0 spiro atoms. The van der Waals surface area contributed by atoms with Crippen LogP contribution in [0.2, 0.25) is 5.82 Å². The van der Waals surface area contributed by atoms with Gasteiger partial charge in [0, 0.05) is 5.82 Å². The van der Waals surface area contributed by atoms with Crippen molar-refractivity contribution in [2.75, 3.05) is 0 Å². The SMILES string of the molecule is CC1(C)OB([C@@H]2C[C@@H]2c2ccc(OC(F)(F)F)cc2)OC1(C)C. The van der Waals surface area contributed by atoms with E-state index in [0.717, 1.165) is 12.0 Å². The highest BCUT2D eigenvalue weighted by molar-refractivity contribution is 6.49. The van der Waals surface area contributed by atoms with Crippen molar-refractivity contribution in [3.8, 4) is 5.75 Å². The zero-order valence-corrected chi connectivity index (χ0v) is 13.6. The Morgan fingerprint density at radius 3 is 2.04 bits per heavy atom. The molecule has 1 aromatic carbocycles. The van der Waals surface area contributed by atoms with Gasteiger partial charge in [0.1, 0.15) is 5.75 Å². The van der Waals surface area contributed by atoms with Crippen LogP contribution in [0.5, 0.6) is 5.75 Å². The highest BCUT2D eigenvalue weighted by Gasteiger charge is 2.59. The van der Waals surface area contributed by atoms with Crippen LogP contribution >= 0.6 is 0 Å². The molecule has 0 radical (unpaired) electrons. The van der Waals surface area contributed by atoms with Gasteiger partial charge in [-0.2, -0.15) is 0 Å². The van der Waals surface area contributed by atoms with E-state index in [0.29, 0.717) is 0 Å². The summed E-state index contributed by atoms with van der Waals surface area (Å²) in [4.78, 5) is 0. The second kappa shape index (κ2) is 5.15. The Morgan fingerprint density at radius 1 is 1.04 bits per heavy atom. The number of hydrogen-bond donors (Lipinski definition) is 0. The first kappa shape index (κ1) is 16.6. The standard InChI is InChI=1S/C16H20BF3O3/c1-14(2)15(3,4)23-17(22-14)13-9-12(13)10-5-7-11(8-6-10)21-16(18,19)20/h5-8,12-13H,9H2,1-4H3/t12-,13-/m1/s1. The predicted molar refractivity (Wildman–Crippen MR) is 80.3 cm³/mol. The third-order valence-electron chi connectivity index (χ3n) is 5.00. The van der Waals surface area contributed by atoms with E-state index < -0.39 is 6.36 Å². The summed E-state index contributed by atoms with van der Waals surface area (Å²) >= 11 is 0. The van der Waals surface area contributed by atoms with E-state index in [2.05, 4.69) is 4.74 Å². The van der Waals surface area contributed by atoms with E-state index in [-0.39, 0.29) is 35.8 Å². The van der Waals surface area contributed by atoms with Gasteiger partial charge in [-0.25, -0.2) is 0 Å². The number of alkyl halides is 3. The molecular weight excluding hydrogens is 308 g/mol. The van der Waals surface area contributed by atoms with Crippen molar-refractivity contribution in [1.82, 2.24) is 0 Å². The summed E-state index contributed by atoms with van der Waals surface area (Å²) in [5, 5.41) is 0. The van der Waals surface area contributed by atoms with E-state index in [1.807, 2.05) is 27.7 Å². The van der Waals surface area contributed by atoms with Gasteiger partial charge in [0.05, 0.1) is 11.2 Å². The topological polar surface area (TPSA) is 27.7 Å². The minimum atomic E-state index is -4.66. The smallest absolute Gasteiger partial charge is 0.406 e. The van der Waals surface area contributed by atoms with Crippen LogP contribution in [0, 0.1) is 0 Å². The lowest BCUT2D eigenvalue weighted by molar-refractivity contribution is -0.274. The van der Waals surface area contributed by atoms with E-state index in [1.54, 1.807) is 12.1 Å². The summed E-state index contributed by atoms with van der Waals surface area (Å²) in [6.07, 6.45) is -3.75. The van der Waals surface area contributed by atoms with Crippen molar-refractivity contribution >= 4 is 7.12 Å². The number of hydrogen-bond acceptors (Lipinski definition) is 3. The molecule has 2 fully saturated rings. The molecule has 126 valence electrons. The minimum Gasteiger partial charge on any atom is -0.406 e. The zero-order chi connectivity index (χ0) is 17.0. The van der Waals surface area contributed by atoms with Crippen molar-refractivity contribution in [2.45, 2.75) is 63.4 Å². The molecule has 3 rings (SSSR count). The predicted octanol–water partition coefficient (Wildman–Crippen LogP) is 4.53. The average molecular weight is 328 g/mol. The second-order valence-electron chi connectivity index (χ2n) is 7.25. The molecule has 0 N–H and O–H groups in total. The highest BCUT2D eigenvalue weighted by Crippen LogP contribution is 2.58. The minimum absolute atomic E-state index is 0.200. The van der Waals surface area contributed by atoms with E-state index in [9.17, 15) is 13.2 Å². The van der Waals surface area contributed by atoms with Crippen LogP contribution in [0.25, 0.3) is 0 Å². The molecule has 1 saturated heterocycles. The first-order chi connectivity index (χ1) is 10.5. The number of rotatable bonds is 3. The summed E-state index contributed by atoms with van der Waals surface area (Å²) < 4.78 is 52.5. The number of benzene rings is 1. The van der Waals surface area contributed by atoms with Crippen molar-refractivity contribution in [2.24, 2.45) is 0 Å². The van der Waals surface area contributed by atoms with Gasteiger partial charge in [0.15, 0.2) is 0 Å². The zero-order valence-electron chi connectivity index (χ0n) is 13.6. The van der Waals surface area contributed by atoms with E-state index >= 15 is 0 Å². The van der Waals surface area contributed by atoms with Gasteiger partial charge in [0.2, 0.25) is 0 Å². The molecular formula is C16H20BF3O3. The van der Waals surface area contributed by atoms with Crippen LogP contribution in [0.15, 0.2) is 24.3 Å². The molecule has 0 aromatic heterocycles. The van der Waals surface area contributed by atoms with Gasteiger partial charge < -0.3 is 14.0 Å². The van der Waals surface area contributed by atoms with Gasteiger partial charge in [-0.1, -0.05) is 12.1 Å². The molecule has 3 nitrogen and oxygen atoms in total. The maximum atomic E-state index is 12.2. The normalized spacial score (nSPS) is 28.7. The Morgan fingerprint density at radius 2 is 1.57 bits per heavy atom. The lowest BCUT2D eigenvalue weighted by Gasteiger charge is -2.32. The second-order valence-corrected chi connectivity index (χ2v) is 7.25. The fourth-order valence-electron chi connectivity index (χ4n) is 2.88. The first-order valence-electron chi connectivity index (χ1n) is 7.70. The quantitative estimate of drug-likeness (QED) is 0.763. The van der Waals surface area contributed by atoms with E-state index in [1.165, 1.54) is 12.1 Å². The van der Waals surface area contributed by atoms with Gasteiger partial charge >= 0.3 is 13.5 Å². The molecule has 0 unspecified atom stereocenters. The lowest BCUT2D eigenvalue weighted by Crippen LogP contribution is -2.41. The van der Waals surface area contributed by atoms with Crippen molar-refractivity contribution in [1.29, 1.82) is 0 Å². The fraction of sp³-hybridized carbons (Fsp3) is 0.625. The monoisotopic (exact) mass is 328 g/mol. The molecule has 23 heavy (non-hydrogen) atoms. The molecule has 0 amide bonds. The van der Waals surface area contributed by atoms with Crippen LogP contribution < -0.4 is 4.74 Å². The Labute approximate surface area is 134 Å². The molecule has 2 atom stereocenters. The van der Waals surface area contributed by atoms with Crippen LogP contribution in [-0.4, -0.2) is 24.7 Å². The maximum Gasteiger partial charge on any atom is 0.573 e. The van der Waals surface area contributed by atoms with Crippen LogP contribution in [0.4, 0.5) is 13.2 Å². The largest absolute Gasteiger partial charge is 0.573 e. The molecule has 1 aliphatic carbocycles. The van der Waals surface area contributed by atoms with Crippen LogP contribution in [-0.2, 0) is 9.31 Å². The lowest BCUT2D eigenvalue weighted by atomic mass is 9.79. The molecule has 1 aliphatic heterocycles. The third kappa shape index (κ3) is 3.35. The Hall–Kier alpha value is -1.21. The van der Waals surface area contributed by atoms with Gasteiger partial charge in [-0.15, -0.1) is 13.2 Å². The summed E-state index contributed by atoms with van der Waals surface area (Å²) in [6.45, 7) is 8.03. The number of halogens is 3. The van der Waals surface area contributed by atoms with Gasteiger partial charge in [-0.3, -0.25) is 0 Å². The Balaban J connectivity index is 1.63. The fourth-order valence-corrected chi connectivity index (χ4v) is 2.88. The van der Waals surface area contributed by atoms with Crippen molar-refractivity contribution in [3.05, 3.63) is 29.8 Å². The molecule has 7 heteroatoms. The van der Waals surface area contributed by atoms with Gasteiger partial charge in [-0.05, 0) is 57.7 Å². The van der Waals surface area contributed by atoms with Crippen LogP contribution in [0.1, 0.15) is 45.6 Å². The third-order valence-corrected chi connectivity index (χ3v) is 5.00. The summed E-state index contributed by atoms with van der Waals surface area (Å²) in [5.74, 6) is 0.296. The molecule has 0 bridgehead atoms. The Bertz CT molecular complexity index is 567.